The molecule has 4 rings (SSSR count). The number of ether oxygens (including phenoxy) is 1. The topological polar surface area (TPSA) is 106 Å². The molecular weight excluding hydrogens is 424 g/mol. The molecule has 0 fully saturated rings. The first-order chi connectivity index (χ1) is 15.5. The van der Waals surface area contributed by atoms with Crippen molar-refractivity contribution in [3.05, 3.63) is 64.5 Å². The monoisotopic (exact) mass is 444 g/mol. The summed E-state index contributed by atoms with van der Waals surface area (Å²) in [7, 11) is 1.64. The molecule has 4 aromatic rings. The van der Waals surface area contributed by atoms with Gasteiger partial charge in [0.2, 0.25) is 11.7 Å². The second-order valence-electron chi connectivity index (χ2n) is 7.10. The number of nitrogens with one attached hydrogen (secondary N) is 1. The third-order valence-corrected chi connectivity index (χ3v) is 6.18. The van der Waals surface area contributed by atoms with E-state index in [9.17, 15) is 10.1 Å². The van der Waals surface area contributed by atoms with Gasteiger partial charge in [-0.3, -0.25) is 4.79 Å². The standard InChI is InChI=1S/C23H20N6O2S/c1-14-15(2)32-23(20(14)12-24)25-21(30)13-29-27-22(26-28-29)18-6-4-16(5-7-18)17-8-10-19(31-3)11-9-17/h4-11H,13H2,1-3H3,(H,25,30). The van der Waals surface area contributed by atoms with E-state index in [4.69, 9.17) is 4.74 Å². The quantitative estimate of drug-likeness (QED) is 0.478. The number of aromatic nitrogens is 4. The molecule has 0 aliphatic rings. The summed E-state index contributed by atoms with van der Waals surface area (Å²) in [6, 6.07) is 17.8. The van der Waals surface area contributed by atoms with Crippen molar-refractivity contribution >= 4 is 22.2 Å². The number of nitrogens with zero attached hydrogens (tertiary/aromatic N) is 5. The van der Waals surface area contributed by atoms with E-state index in [1.54, 1.807) is 7.11 Å². The third kappa shape index (κ3) is 4.36. The number of methoxy groups -OCH3 is 1. The molecule has 0 unspecified atom stereocenters. The van der Waals surface area contributed by atoms with E-state index in [2.05, 4.69) is 26.8 Å². The Kier molecular flexibility index (Phi) is 5.96. The van der Waals surface area contributed by atoms with E-state index in [-0.39, 0.29) is 12.5 Å². The average Bonchev–Trinajstić information content (AvgIpc) is 3.37. The summed E-state index contributed by atoms with van der Waals surface area (Å²) in [5, 5.41) is 25.0. The molecular formula is C23H20N6O2S. The minimum absolute atomic E-state index is 0.0994. The highest BCUT2D eigenvalue weighted by atomic mass is 32.1. The van der Waals surface area contributed by atoms with Crippen molar-refractivity contribution in [3.8, 4) is 34.3 Å². The lowest BCUT2D eigenvalue weighted by Crippen LogP contribution is -2.20. The summed E-state index contributed by atoms with van der Waals surface area (Å²) in [5.41, 5.74) is 4.29. The van der Waals surface area contributed by atoms with Crippen molar-refractivity contribution in [2.24, 2.45) is 0 Å². The van der Waals surface area contributed by atoms with E-state index in [0.717, 1.165) is 32.9 Å². The highest BCUT2D eigenvalue weighted by molar-refractivity contribution is 7.16. The van der Waals surface area contributed by atoms with Gasteiger partial charge >= 0.3 is 0 Å². The summed E-state index contributed by atoms with van der Waals surface area (Å²) < 4.78 is 5.19. The van der Waals surface area contributed by atoms with Crippen LogP contribution in [-0.2, 0) is 11.3 Å². The van der Waals surface area contributed by atoms with Crippen molar-refractivity contribution in [3.63, 3.8) is 0 Å². The Morgan fingerprint density at radius 3 is 2.34 bits per heavy atom. The van der Waals surface area contributed by atoms with Crippen molar-refractivity contribution in [1.82, 2.24) is 20.2 Å². The number of hydrogen-bond acceptors (Lipinski definition) is 7. The fourth-order valence-corrected chi connectivity index (χ4v) is 4.19. The van der Waals surface area contributed by atoms with Crippen LogP contribution < -0.4 is 10.1 Å². The lowest BCUT2D eigenvalue weighted by atomic mass is 10.0. The molecule has 0 aliphatic carbocycles. The van der Waals surface area contributed by atoms with Crippen molar-refractivity contribution in [2.75, 3.05) is 12.4 Å². The van der Waals surface area contributed by atoms with E-state index < -0.39 is 0 Å². The number of hydrogen-bond donors (Lipinski definition) is 1. The van der Waals surface area contributed by atoms with Crippen LogP contribution in [0.2, 0.25) is 0 Å². The van der Waals surface area contributed by atoms with Crippen LogP contribution in [0.5, 0.6) is 5.75 Å². The van der Waals surface area contributed by atoms with E-state index in [1.807, 2.05) is 62.4 Å². The Hall–Kier alpha value is -4.03. The molecule has 0 radical (unpaired) electrons. The molecule has 32 heavy (non-hydrogen) atoms. The van der Waals surface area contributed by atoms with Crippen LogP contribution in [0.3, 0.4) is 0 Å². The van der Waals surface area contributed by atoms with Gasteiger partial charge in [-0.25, -0.2) is 0 Å². The minimum Gasteiger partial charge on any atom is -0.497 e. The molecule has 9 heteroatoms. The number of rotatable bonds is 6. The summed E-state index contributed by atoms with van der Waals surface area (Å²) in [4.78, 5) is 14.6. The Morgan fingerprint density at radius 1 is 1.09 bits per heavy atom. The SMILES string of the molecule is COc1ccc(-c2ccc(-c3nnn(CC(=O)Nc4sc(C)c(C)c4C#N)n3)cc2)cc1. The zero-order valence-corrected chi connectivity index (χ0v) is 18.6. The highest BCUT2D eigenvalue weighted by Gasteiger charge is 2.16. The lowest BCUT2D eigenvalue weighted by Gasteiger charge is -2.04. The van der Waals surface area contributed by atoms with Crippen LogP contribution in [0.25, 0.3) is 22.5 Å². The third-order valence-electron chi connectivity index (χ3n) is 5.05. The van der Waals surface area contributed by atoms with E-state index in [0.29, 0.717) is 16.4 Å². The van der Waals surface area contributed by atoms with Gasteiger partial charge in [-0.15, -0.1) is 21.5 Å². The lowest BCUT2D eigenvalue weighted by molar-refractivity contribution is -0.117. The molecule has 2 heterocycles. The Balaban J connectivity index is 1.44. The van der Waals surface area contributed by atoms with Crippen LogP contribution in [0.1, 0.15) is 16.0 Å². The van der Waals surface area contributed by atoms with Crippen molar-refractivity contribution in [2.45, 2.75) is 20.4 Å². The first-order valence-electron chi connectivity index (χ1n) is 9.81. The Morgan fingerprint density at radius 2 is 1.72 bits per heavy atom. The van der Waals surface area contributed by atoms with Gasteiger partial charge in [0.25, 0.3) is 0 Å². The van der Waals surface area contributed by atoms with Crippen LogP contribution in [0.4, 0.5) is 5.00 Å². The Bertz CT molecular complexity index is 1300. The Labute approximate surface area is 189 Å². The number of anilines is 1. The number of amides is 1. The molecule has 0 spiro atoms. The molecule has 1 amide bonds. The van der Waals surface area contributed by atoms with Gasteiger partial charge < -0.3 is 10.1 Å². The number of aryl methyl sites for hydroxylation is 1. The molecule has 2 aromatic carbocycles. The number of tetrazole rings is 1. The zero-order chi connectivity index (χ0) is 22.7. The largest absolute Gasteiger partial charge is 0.497 e. The molecule has 160 valence electrons. The summed E-state index contributed by atoms with van der Waals surface area (Å²) in [6.07, 6.45) is 0. The van der Waals surface area contributed by atoms with Gasteiger partial charge in [0.05, 0.1) is 12.7 Å². The van der Waals surface area contributed by atoms with Gasteiger partial charge in [-0.05, 0) is 47.9 Å². The van der Waals surface area contributed by atoms with Gasteiger partial charge in [-0.1, -0.05) is 36.4 Å². The van der Waals surface area contributed by atoms with E-state index in [1.165, 1.54) is 16.1 Å². The molecule has 2 aromatic heterocycles. The fourth-order valence-electron chi connectivity index (χ4n) is 3.17. The molecule has 0 aliphatic heterocycles. The summed E-state index contributed by atoms with van der Waals surface area (Å²) in [6.45, 7) is 3.69. The molecule has 0 atom stereocenters. The second kappa shape index (κ2) is 8.99. The maximum atomic E-state index is 12.4. The summed E-state index contributed by atoms with van der Waals surface area (Å²) >= 11 is 1.38. The molecule has 1 N–H and O–H groups in total. The minimum atomic E-state index is -0.318. The normalized spacial score (nSPS) is 10.6. The predicted octanol–water partition coefficient (Wildman–Crippen LogP) is 4.20. The highest BCUT2D eigenvalue weighted by Crippen LogP contribution is 2.31. The summed E-state index contributed by atoms with van der Waals surface area (Å²) in [5.74, 6) is 0.921. The first kappa shape index (κ1) is 21.2. The average molecular weight is 445 g/mol. The second-order valence-corrected chi connectivity index (χ2v) is 8.32. The zero-order valence-electron chi connectivity index (χ0n) is 17.8. The van der Waals surface area contributed by atoms with Gasteiger partial charge in [0, 0.05) is 10.4 Å². The molecule has 8 nitrogen and oxygen atoms in total. The van der Waals surface area contributed by atoms with Crippen LogP contribution >= 0.6 is 11.3 Å². The predicted molar refractivity (Wildman–Crippen MR) is 122 cm³/mol. The maximum Gasteiger partial charge on any atom is 0.248 e. The number of carbonyl (C=O) groups is 1. The first-order valence-corrected chi connectivity index (χ1v) is 10.6. The maximum absolute atomic E-state index is 12.4. The van der Waals surface area contributed by atoms with Gasteiger partial charge in [0.15, 0.2) is 0 Å². The van der Waals surface area contributed by atoms with Gasteiger partial charge in [-0.2, -0.15) is 10.1 Å². The fraction of sp³-hybridized carbons (Fsp3) is 0.174. The number of carbonyl (C=O) groups excluding carboxylic acids is 1. The van der Waals surface area contributed by atoms with Crippen LogP contribution in [0, 0.1) is 25.2 Å². The van der Waals surface area contributed by atoms with Crippen molar-refractivity contribution in [1.29, 1.82) is 5.26 Å². The van der Waals surface area contributed by atoms with Crippen LogP contribution in [-0.4, -0.2) is 33.2 Å². The van der Waals surface area contributed by atoms with Crippen molar-refractivity contribution < 1.29 is 9.53 Å². The molecule has 0 saturated heterocycles. The van der Waals surface area contributed by atoms with Crippen LogP contribution in [0.15, 0.2) is 48.5 Å². The smallest absolute Gasteiger partial charge is 0.248 e. The van der Waals surface area contributed by atoms with Gasteiger partial charge in [0.1, 0.15) is 23.4 Å². The number of benzene rings is 2. The molecule has 0 saturated carbocycles. The molecule has 0 bridgehead atoms. The van der Waals surface area contributed by atoms with E-state index >= 15 is 0 Å². The number of thiophene rings is 1. The number of nitriles is 1.